The van der Waals surface area contributed by atoms with Crippen LogP contribution in [-0.4, -0.2) is 11.1 Å². The van der Waals surface area contributed by atoms with Crippen LogP contribution in [0.3, 0.4) is 0 Å². The van der Waals surface area contributed by atoms with E-state index in [2.05, 4.69) is 45.8 Å². The molecule has 0 atom stereocenters. The van der Waals surface area contributed by atoms with Crippen LogP contribution in [0.25, 0.3) is 11.0 Å². The normalized spacial score (nSPS) is 15.2. The first-order valence-corrected chi connectivity index (χ1v) is 5.09. The number of hydrogen-bond acceptors (Lipinski definition) is 1. The van der Waals surface area contributed by atoms with E-state index in [-0.39, 0.29) is 0 Å². The van der Waals surface area contributed by atoms with E-state index >= 15 is 0 Å². The van der Waals surface area contributed by atoms with Gasteiger partial charge in [0.25, 0.3) is 0 Å². The maximum atomic E-state index is 3.45. The van der Waals surface area contributed by atoms with Gasteiger partial charge in [0.15, 0.2) is 0 Å². The first kappa shape index (κ1) is 7.85. The summed E-state index contributed by atoms with van der Waals surface area (Å²) in [6, 6.07) is 8.55. The number of aromatic nitrogens is 2. The van der Waals surface area contributed by atoms with Gasteiger partial charge < -0.3 is 0 Å². The van der Waals surface area contributed by atoms with Gasteiger partial charge in [-0.2, -0.15) is 0 Å². The summed E-state index contributed by atoms with van der Waals surface area (Å²) < 4.78 is 4.59. The van der Waals surface area contributed by atoms with Crippen molar-refractivity contribution < 1.29 is 4.57 Å². The fourth-order valence-corrected chi connectivity index (χ4v) is 2.26. The highest BCUT2D eigenvalue weighted by molar-refractivity contribution is 5.74. The molecule has 2 heterocycles. The smallest absolute Gasteiger partial charge is 0.277 e. The van der Waals surface area contributed by atoms with Crippen molar-refractivity contribution in [2.45, 2.75) is 13.0 Å². The number of hydrogen-bond donors (Lipinski definition) is 1. The molecule has 0 spiro atoms. The molecule has 3 nitrogen and oxygen atoms in total. The highest BCUT2D eigenvalue weighted by Crippen LogP contribution is 2.19. The standard InChI is InChI=1S/C11H13N3/c1-13-9-5-2-3-6-10(9)14-8-4-7-12-11(13)14/h2-3,5-6H,4,7-8H2,1H3/p+1. The third kappa shape index (κ3) is 0.895. The van der Waals surface area contributed by atoms with E-state index in [0.717, 1.165) is 13.1 Å². The zero-order valence-electron chi connectivity index (χ0n) is 8.33. The Kier molecular flexibility index (Phi) is 1.54. The quantitative estimate of drug-likeness (QED) is 0.618. The SMILES string of the molecule is C[n+]1c2n(c3ccccc31)CCCN2. The molecule has 0 unspecified atom stereocenters. The van der Waals surface area contributed by atoms with Gasteiger partial charge in [-0.25, -0.2) is 9.13 Å². The van der Waals surface area contributed by atoms with Gasteiger partial charge in [0, 0.05) is 6.42 Å². The van der Waals surface area contributed by atoms with Gasteiger partial charge in [0.2, 0.25) is 0 Å². The van der Waals surface area contributed by atoms with Crippen molar-refractivity contribution in [3.05, 3.63) is 24.3 Å². The van der Waals surface area contributed by atoms with Crippen LogP contribution in [-0.2, 0) is 13.6 Å². The molecular formula is C11H14N3+. The largest absolute Gasteiger partial charge is 0.358 e. The number of fused-ring (bicyclic) bond motifs is 3. The van der Waals surface area contributed by atoms with Gasteiger partial charge in [0.1, 0.15) is 11.0 Å². The van der Waals surface area contributed by atoms with Gasteiger partial charge in [0.05, 0.1) is 20.1 Å². The molecule has 1 N–H and O–H groups in total. The molecule has 0 radical (unpaired) electrons. The van der Waals surface area contributed by atoms with Crippen molar-refractivity contribution in [1.82, 2.24) is 4.57 Å². The Morgan fingerprint density at radius 2 is 2.21 bits per heavy atom. The second-order valence-electron chi connectivity index (χ2n) is 3.80. The summed E-state index contributed by atoms with van der Waals surface area (Å²) in [7, 11) is 2.12. The fourth-order valence-electron chi connectivity index (χ4n) is 2.26. The van der Waals surface area contributed by atoms with Crippen molar-refractivity contribution in [1.29, 1.82) is 0 Å². The molecule has 3 rings (SSSR count). The second-order valence-corrected chi connectivity index (χ2v) is 3.80. The molecule has 0 bridgehead atoms. The van der Waals surface area contributed by atoms with Crippen molar-refractivity contribution in [2.24, 2.45) is 7.05 Å². The number of anilines is 1. The van der Waals surface area contributed by atoms with Crippen LogP contribution in [0.1, 0.15) is 6.42 Å². The summed E-state index contributed by atoms with van der Waals surface area (Å²) in [5.41, 5.74) is 2.63. The molecule has 0 saturated carbocycles. The summed E-state index contributed by atoms with van der Waals surface area (Å²) in [5, 5.41) is 3.45. The van der Waals surface area contributed by atoms with E-state index < -0.39 is 0 Å². The number of benzene rings is 1. The highest BCUT2D eigenvalue weighted by Gasteiger charge is 2.23. The average Bonchev–Trinajstić information content (AvgIpc) is 2.55. The number of para-hydroxylation sites is 2. The number of rotatable bonds is 0. The molecule has 1 aromatic carbocycles. The minimum atomic E-state index is 1.09. The average molecular weight is 188 g/mol. The van der Waals surface area contributed by atoms with E-state index in [1.165, 1.54) is 23.4 Å². The summed E-state index contributed by atoms with van der Waals surface area (Å²) >= 11 is 0. The highest BCUT2D eigenvalue weighted by atomic mass is 15.3. The lowest BCUT2D eigenvalue weighted by molar-refractivity contribution is -0.631. The summed E-state index contributed by atoms with van der Waals surface area (Å²) in [6.45, 7) is 2.22. The molecule has 0 fully saturated rings. The van der Waals surface area contributed by atoms with E-state index in [9.17, 15) is 0 Å². The summed E-state index contributed by atoms with van der Waals surface area (Å²) in [6.07, 6.45) is 1.21. The van der Waals surface area contributed by atoms with Gasteiger partial charge in [-0.1, -0.05) is 12.1 Å². The maximum absolute atomic E-state index is 3.45. The van der Waals surface area contributed by atoms with Crippen molar-refractivity contribution in [3.63, 3.8) is 0 Å². The minimum Gasteiger partial charge on any atom is -0.277 e. The molecule has 0 saturated heterocycles. The lowest BCUT2D eigenvalue weighted by atomic mass is 10.3. The van der Waals surface area contributed by atoms with Crippen LogP contribution >= 0.6 is 0 Å². The van der Waals surface area contributed by atoms with Crippen LogP contribution in [0.2, 0.25) is 0 Å². The second kappa shape index (κ2) is 2.74. The van der Waals surface area contributed by atoms with Crippen molar-refractivity contribution >= 4 is 17.0 Å². The van der Waals surface area contributed by atoms with E-state index in [4.69, 9.17) is 0 Å². The van der Waals surface area contributed by atoms with Crippen LogP contribution in [0.15, 0.2) is 24.3 Å². The predicted molar refractivity (Wildman–Crippen MR) is 56.2 cm³/mol. The number of imidazole rings is 1. The predicted octanol–water partition coefficient (Wildman–Crippen LogP) is 1.28. The molecule has 0 aliphatic carbocycles. The van der Waals surface area contributed by atoms with Crippen molar-refractivity contribution in [3.8, 4) is 0 Å². The Hall–Kier alpha value is -1.51. The molecule has 3 heteroatoms. The topological polar surface area (TPSA) is 20.8 Å². The monoisotopic (exact) mass is 188 g/mol. The maximum Gasteiger partial charge on any atom is 0.358 e. The Balaban J connectivity index is 2.41. The molecule has 1 aromatic heterocycles. The molecule has 1 aliphatic heterocycles. The Bertz CT molecular complexity index is 484. The van der Waals surface area contributed by atoms with E-state index in [0.29, 0.717) is 0 Å². The van der Waals surface area contributed by atoms with Gasteiger partial charge in [-0.05, 0) is 12.1 Å². The van der Waals surface area contributed by atoms with Gasteiger partial charge in [-0.3, -0.25) is 5.32 Å². The molecule has 1 aliphatic rings. The number of aryl methyl sites for hydroxylation is 2. The number of nitrogens with one attached hydrogen (secondary N) is 1. The zero-order valence-corrected chi connectivity index (χ0v) is 8.33. The Labute approximate surface area is 83.0 Å². The van der Waals surface area contributed by atoms with Crippen molar-refractivity contribution in [2.75, 3.05) is 11.9 Å². The molecular weight excluding hydrogens is 174 g/mol. The molecule has 0 amide bonds. The minimum absolute atomic E-state index is 1.09. The zero-order chi connectivity index (χ0) is 9.54. The Morgan fingerprint density at radius 1 is 1.36 bits per heavy atom. The van der Waals surface area contributed by atoms with E-state index in [1.807, 2.05) is 0 Å². The first-order chi connectivity index (χ1) is 6.88. The van der Waals surface area contributed by atoms with Gasteiger partial charge in [-0.15, -0.1) is 0 Å². The summed E-state index contributed by atoms with van der Waals surface area (Å²) in [5.74, 6) is 1.23. The number of nitrogens with zero attached hydrogens (tertiary/aromatic N) is 2. The molecule has 72 valence electrons. The fraction of sp³-hybridized carbons (Fsp3) is 0.364. The third-order valence-corrected chi connectivity index (χ3v) is 2.95. The lowest BCUT2D eigenvalue weighted by Crippen LogP contribution is -2.34. The molecule has 14 heavy (non-hydrogen) atoms. The van der Waals surface area contributed by atoms with Gasteiger partial charge >= 0.3 is 5.95 Å². The van der Waals surface area contributed by atoms with Crippen LogP contribution in [0.4, 0.5) is 5.95 Å². The summed E-state index contributed by atoms with van der Waals surface area (Å²) in [4.78, 5) is 0. The van der Waals surface area contributed by atoms with E-state index in [1.54, 1.807) is 0 Å². The Morgan fingerprint density at radius 3 is 3.14 bits per heavy atom. The molecule has 2 aromatic rings. The van der Waals surface area contributed by atoms with Crippen LogP contribution in [0, 0.1) is 0 Å². The van der Waals surface area contributed by atoms with Crippen LogP contribution < -0.4 is 9.88 Å². The first-order valence-electron chi connectivity index (χ1n) is 5.09. The van der Waals surface area contributed by atoms with Crippen LogP contribution in [0.5, 0.6) is 0 Å². The third-order valence-electron chi connectivity index (χ3n) is 2.95. The lowest BCUT2D eigenvalue weighted by Gasteiger charge is -2.09.